The average Bonchev–Trinajstić information content (AvgIpc) is 2.73. The average molecular weight is 547 g/mol. The first-order valence-electron chi connectivity index (χ1n) is 10.2. The summed E-state index contributed by atoms with van der Waals surface area (Å²) in [6, 6.07) is 1.54. The minimum Gasteiger partial charge on any atom is -0.475 e. The molecule has 1 aliphatic heterocycles. The van der Waals surface area contributed by atoms with Crippen molar-refractivity contribution in [1.29, 1.82) is 0 Å². The van der Waals surface area contributed by atoms with Crippen molar-refractivity contribution in [1.82, 2.24) is 0 Å². The van der Waals surface area contributed by atoms with Gasteiger partial charge in [0.05, 0.1) is 18.8 Å². The summed E-state index contributed by atoms with van der Waals surface area (Å²) in [5.74, 6) is -2.82. The Kier molecular flexibility index (Phi) is 9.41. The first-order valence-corrected chi connectivity index (χ1v) is 10.2. The molecule has 11 nitrogen and oxygen atoms in total. The third-order valence-corrected chi connectivity index (χ3v) is 4.36. The van der Waals surface area contributed by atoms with Crippen molar-refractivity contribution in [3.8, 4) is 11.5 Å². The summed E-state index contributed by atoms with van der Waals surface area (Å²) in [5.41, 5.74) is -1.57. The number of carbonyl (C=O) groups excluding carboxylic acids is 2. The van der Waals surface area contributed by atoms with E-state index in [0.29, 0.717) is 6.08 Å². The minimum atomic E-state index is -5.13. The van der Waals surface area contributed by atoms with Crippen LogP contribution >= 0.6 is 0 Å². The number of hydrogen-bond acceptors (Lipinski definition) is 10. The Morgan fingerprint density at radius 1 is 1.11 bits per heavy atom. The number of esters is 1. The number of nitrogens with zero attached hydrogens (tertiary/aromatic N) is 1. The van der Waals surface area contributed by atoms with Gasteiger partial charge in [-0.2, -0.15) is 13.2 Å². The molecule has 1 heterocycles. The maximum Gasteiger partial charge on any atom is 0.573 e. The third-order valence-electron chi connectivity index (χ3n) is 4.36. The van der Waals surface area contributed by atoms with Gasteiger partial charge in [-0.15, -0.1) is 23.3 Å². The van der Waals surface area contributed by atoms with E-state index in [1.54, 1.807) is 0 Å². The van der Waals surface area contributed by atoms with Gasteiger partial charge in [0.1, 0.15) is 11.5 Å². The molecular weight excluding hydrogens is 528 g/mol. The maximum absolute atomic E-state index is 13.6. The van der Waals surface area contributed by atoms with Crippen molar-refractivity contribution in [3.05, 3.63) is 38.9 Å². The van der Waals surface area contributed by atoms with Crippen molar-refractivity contribution in [2.75, 3.05) is 13.2 Å². The fraction of sp³-hybridized carbons (Fsp3) is 0.500. The van der Waals surface area contributed by atoms with Gasteiger partial charge >= 0.3 is 24.7 Å². The number of rotatable bonds is 10. The van der Waals surface area contributed by atoms with E-state index in [1.807, 2.05) is 0 Å². The van der Waals surface area contributed by atoms with Crippen molar-refractivity contribution < 1.29 is 69.5 Å². The van der Waals surface area contributed by atoms with E-state index in [1.165, 1.54) is 6.92 Å². The summed E-state index contributed by atoms with van der Waals surface area (Å²) in [6.45, 7) is 1.67. The van der Waals surface area contributed by atoms with E-state index in [4.69, 9.17) is 9.47 Å². The Bertz CT molecular complexity index is 1040. The van der Waals surface area contributed by atoms with Gasteiger partial charge in [0, 0.05) is 12.5 Å². The van der Waals surface area contributed by atoms with Gasteiger partial charge in [-0.25, -0.2) is 9.59 Å². The summed E-state index contributed by atoms with van der Waals surface area (Å²) >= 11 is 0. The molecule has 0 spiro atoms. The molecule has 17 heteroatoms. The van der Waals surface area contributed by atoms with E-state index < -0.39 is 59.2 Å². The Morgan fingerprint density at radius 2 is 1.76 bits per heavy atom. The molecule has 1 aromatic rings. The first kappa shape index (κ1) is 29.3. The van der Waals surface area contributed by atoms with Crippen LogP contribution in [0.25, 0.3) is 6.08 Å². The van der Waals surface area contributed by atoms with Gasteiger partial charge in [0.2, 0.25) is 12.4 Å². The minimum absolute atomic E-state index is 0.126. The predicted octanol–water partition coefficient (Wildman–Crippen LogP) is 4.63. The van der Waals surface area contributed by atoms with E-state index in [-0.39, 0.29) is 37.2 Å². The third kappa shape index (κ3) is 9.23. The Labute approximate surface area is 203 Å². The number of carbonyl (C=O) groups is 2. The molecular formula is C20H19F6NO10. The molecule has 0 fully saturated rings. The van der Waals surface area contributed by atoms with Gasteiger partial charge in [-0.3, -0.25) is 0 Å². The van der Waals surface area contributed by atoms with Crippen LogP contribution in [0, 0.1) is 17.0 Å². The lowest BCUT2D eigenvalue weighted by Crippen LogP contribution is -2.41. The topological polar surface area (TPSA) is 133 Å². The van der Waals surface area contributed by atoms with Crippen LogP contribution in [0.4, 0.5) is 31.1 Å². The monoisotopic (exact) mass is 547 g/mol. The highest BCUT2D eigenvalue weighted by Gasteiger charge is 2.49. The molecule has 2 rings (SSSR count). The number of benzene rings is 1. The molecule has 37 heavy (non-hydrogen) atoms. The van der Waals surface area contributed by atoms with Crippen molar-refractivity contribution in [3.63, 3.8) is 0 Å². The zero-order valence-electron chi connectivity index (χ0n) is 19.0. The molecule has 0 aliphatic carbocycles. The van der Waals surface area contributed by atoms with Crippen LogP contribution < -0.4 is 9.47 Å². The number of unbranched alkanes of at least 4 members (excludes halogenated alkanes) is 1. The molecule has 0 saturated heterocycles. The van der Waals surface area contributed by atoms with Crippen LogP contribution in [0.5, 0.6) is 11.5 Å². The Morgan fingerprint density at radius 3 is 2.35 bits per heavy atom. The van der Waals surface area contributed by atoms with E-state index in [9.17, 15) is 46.0 Å². The molecule has 0 aromatic heterocycles. The van der Waals surface area contributed by atoms with Crippen LogP contribution in [0.1, 0.15) is 30.9 Å². The second-order valence-corrected chi connectivity index (χ2v) is 7.30. The summed E-state index contributed by atoms with van der Waals surface area (Å²) in [6.07, 6.45) is -15.2. The molecule has 206 valence electrons. The van der Waals surface area contributed by atoms with Crippen LogP contribution in [0.3, 0.4) is 0 Å². The largest absolute Gasteiger partial charge is 0.573 e. The zero-order chi connectivity index (χ0) is 28.0. The molecule has 0 radical (unpaired) electrons. The molecule has 0 bridgehead atoms. The highest BCUT2D eigenvalue weighted by atomic mass is 19.4. The highest BCUT2D eigenvalue weighted by Crippen LogP contribution is 2.41. The SMILES string of the molecule is Cc1cc(OC(F)(F)F)cc2c1O[C@H](C(F)(F)F)C(C(=O)OC(C)OC(=O)OCCCCO[N+](=O)[O-])=C2. The lowest BCUT2D eigenvalue weighted by molar-refractivity contribution is -0.757. The van der Waals surface area contributed by atoms with E-state index in [0.717, 1.165) is 19.1 Å². The number of ether oxygens (including phenoxy) is 5. The molecule has 0 amide bonds. The molecule has 1 unspecified atom stereocenters. The van der Waals surface area contributed by atoms with E-state index in [2.05, 4.69) is 19.0 Å². The van der Waals surface area contributed by atoms with Crippen LogP contribution in [0.2, 0.25) is 0 Å². The van der Waals surface area contributed by atoms with E-state index >= 15 is 0 Å². The van der Waals surface area contributed by atoms with Gasteiger partial charge in [-0.1, -0.05) is 0 Å². The van der Waals surface area contributed by atoms with Crippen molar-refractivity contribution >= 4 is 18.2 Å². The van der Waals surface area contributed by atoms with Gasteiger partial charge < -0.3 is 28.5 Å². The first-order chi connectivity index (χ1) is 17.1. The lowest BCUT2D eigenvalue weighted by atomic mass is 9.99. The fourth-order valence-electron chi connectivity index (χ4n) is 2.97. The normalized spacial score (nSPS) is 15.9. The highest BCUT2D eigenvalue weighted by molar-refractivity contribution is 5.96. The lowest BCUT2D eigenvalue weighted by Gasteiger charge is -2.29. The maximum atomic E-state index is 13.6. The molecule has 1 aliphatic rings. The second kappa shape index (κ2) is 11.9. The van der Waals surface area contributed by atoms with Crippen molar-refractivity contribution in [2.45, 2.75) is 51.6 Å². The summed E-state index contributed by atoms with van der Waals surface area (Å²) in [7, 11) is 0. The second-order valence-electron chi connectivity index (χ2n) is 7.30. The smallest absolute Gasteiger partial charge is 0.475 e. The van der Waals surface area contributed by atoms with Gasteiger partial charge in [0.15, 0.2) is 0 Å². The molecule has 0 N–H and O–H groups in total. The van der Waals surface area contributed by atoms with Crippen LogP contribution in [-0.2, 0) is 23.8 Å². The summed E-state index contributed by atoms with van der Waals surface area (Å²) in [4.78, 5) is 38.1. The standard InChI is InChI=1S/C20H19F6NO10/c1-10-7-13(37-20(24,25)26)8-12-9-14(16(19(21,22)23)36-15(10)12)17(28)34-11(2)35-18(29)32-5-3-4-6-33-27(30)31/h7-9,11,16H,3-6H2,1-2H3/t11?,16-/m0/s1. The molecule has 1 aromatic carbocycles. The predicted molar refractivity (Wildman–Crippen MR) is 106 cm³/mol. The fourth-order valence-corrected chi connectivity index (χ4v) is 2.97. The summed E-state index contributed by atoms with van der Waals surface area (Å²) in [5, 5.41) is 8.99. The molecule has 2 atom stereocenters. The van der Waals surface area contributed by atoms with Crippen LogP contribution in [0.15, 0.2) is 17.7 Å². The number of aryl methyl sites for hydroxylation is 1. The van der Waals surface area contributed by atoms with Gasteiger partial charge in [0.25, 0.3) is 5.09 Å². The number of fused-ring (bicyclic) bond motifs is 1. The Hall–Kier alpha value is -3.92. The van der Waals surface area contributed by atoms with Crippen LogP contribution in [-0.4, -0.2) is 55.4 Å². The number of hydrogen-bond donors (Lipinski definition) is 0. The van der Waals surface area contributed by atoms with Crippen molar-refractivity contribution in [2.24, 2.45) is 0 Å². The summed E-state index contributed by atoms with van der Waals surface area (Å²) < 4.78 is 101. The quantitative estimate of drug-likeness (QED) is 0.102. The Balaban J connectivity index is 2.09. The zero-order valence-corrected chi connectivity index (χ0v) is 19.0. The molecule has 0 saturated carbocycles. The number of alkyl halides is 6. The van der Waals surface area contributed by atoms with Gasteiger partial charge in [-0.05, 0) is 43.5 Å². The number of halogens is 6.